The maximum Gasteiger partial charge on any atom is 0.226 e. The topological polar surface area (TPSA) is 58.1 Å². The third-order valence-electron chi connectivity index (χ3n) is 8.34. The van der Waals surface area contributed by atoms with E-state index in [1.165, 1.54) is 44.1 Å². The Balaban J connectivity index is 1.12. The van der Waals surface area contributed by atoms with Crippen LogP contribution in [0.5, 0.6) is 0 Å². The first-order valence-electron chi connectivity index (χ1n) is 12.1. The second-order valence-corrected chi connectivity index (χ2v) is 11.3. The first-order valence-corrected chi connectivity index (χ1v) is 12.5. The van der Waals surface area contributed by atoms with Crippen LogP contribution >= 0.6 is 11.6 Å². The number of carbonyl (C=O) groups excluding carboxylic acids is 1. The van der Waals surface area contributed by atoms with Crippen LogP contribution in [-0.4, -0.2) is 27.3 Å². The number of amides is 1. The monoisotopic (exact) mass is 450 g/mol. The normalized spacial score (nSPS) is 30.8. The zero-order valence-electron chi connectivity index (χ0n) is 18.5. The number of hydrogen-bond acceptors (Lipinski definition) is 4. The lowest BCUT2D eigenvalue weighted by Gasteiger charge is -2.56. The van der Waals surface area contributed by atoms with E-state index in [1.54, 1.807) is 6.33 Å². The molecular formula is C26H31ClN4O. The van der Waals surface area contributed by atoms with Crippen LogP contribution in [0.4, 0.5) is 5.82 Å². The second kappa shape index (κ2) is 8.11. The molecule has 0 saturated heterocycles. The molecule has 5 nitrogen and oxygen atoms in total. The van der Waals surface area contributed by atoms with Gasteiger partial charge in [0, 0.05) is 36.6 Å². The molecule has 4 saturated carbocycles. The van der Waals surface area contributed by atoms with Crippen LogP contribution in [0.15, 0.2) is 30.6 Å². The minimum atomic E-state index is 0.147. The summed E-state index contributed by atoms with van der Waals surface area (Å²) >= 11 is 6.15. The van der Waals surface area contributed by atoms with Crippen LogP contribution < -0.4 is 5.32 Å². The van der Waals surface area contributed by atoms with Gasteiger partial charge in [0.2, 0.25) is 5.91 Å². The molecule has 2 aromatic rings. The quantitative estimate of drug-likeness (QED) is 0.677. The highest BCUT2D eigenvalue weighted by atomic mass is 35.5. The van der Waals surface area contributed by atoms with Crippen molar-refractivity contribution in [2.75, 3.05) is 11.9 Å². The number of nitrogens with one attached hydrogen (secondary N) is 1. The summed E-state index contributed by atoms with van der Waals surface area (Å²) in [5.41, 5.74) is 3.59. The Morgan fingerprint density at radius 1 is 1.12 bits per heavy atom. The Kier molecular flexibility index (Phi) is 5.22. The molecule has 0 unspecified atom stereocenters. The predicted octanol–water partition coefficient (Wildman–Crippen LogP) is 5.23. The van der Waals surface area contributed by atoms with Crippen molar-refractivity contribution in [3.05, 3.63) is 52.4 Å². The van der Waals surface area contributed by atoms with Crippen molar-refractivity contribution < 1.29 is 4.79 Å². The largest absolute Gasteiger partial charge is 0.310 e. The SMILES string of the molecule is O=C(CC12CC3CC(CC(C3)C1)C2)Nc1ncnc2c1CCN(Cc1cccc(Cl)c1)C2. The van der Waals surface area contributed by atoms with E-state index in [1.807, 2.05) is 18.2 Å². The van der Waals surface area contributed by atoms with Crippen molar-refractivity contribution in [3.63, 3.8) is 0 Å². The van der Waals surface area contributed by atoms with E-state index < -0.39 is 0 Å². The zero-order valence-corrected chi connectivity index (χ0v) is 19.3. The van der Waals surface area contributed by atoms with Crippen LogP contribution in [0.25, 0.3) is 0 Å². The summed E-state index contributed by atoms with van der Waals surface area (Å²) in [6.45, 7) is 2.53. The Hall–Kier alpha value is -1.98. The average molecular weight is 451 g/mol. The average Bonchev–Trinajstić information content (AvgIpc) is 2.72. The summed E-state index contributed by atoms with van der Waals surface area (Å²) < 4.78 is 0. The fraction of sp³-hybridized carbons (Fsp3) is 0.577. The number of aromatic nitrogens is 2. The molecule has 0 radical (unpaired) electrons. The molecule has 1 aliphatic heterocycles. The Labute approximate surface area is 195 Å². The fourth-order valence-corrected chi connectivity index (χ4v) is 7.78. The van der Waals surface area contributed by atoms with Gasteiger partial charge in [-0.1, -0.05) is 23.7 Å². The molecule has 1 aromatic heterocycles. The van der Waals surface area contributed by atoms with Gasteiger partial charge in [-0.3, -0.25) is 9.69 Å². The van der Waals surface area contributed by atoms with Gasteiger partial charge in [-0.05, 0) is 85.8 Å². The number of halogens is 1. The third-order valence-corrected chi connectivity index (χ3v) is 8.57. The predicted molar refractivity (Wildman–Crippen MR) is 125 cm³/mol. The van der Waals surface area contributed by atoms with E-state index in [2.05, 4.69) is 26.3 Å². The van der Waals surface area contributed by atoms with E-state index in [-0.39, 0.29) is 11.3 Å². The molecule has 168 valence electrons. The second-order valence-electron chi connectivity index (χ2n) is 10.9. The molecule has 1 amide bonds. The lowest BCUT2D eigenvalue weighted by molar-refractivity contribution is -0.124. The molecular weight excluding hydrogens is 420 g/mol. The highest BCUT2D eigenvalue weighted by Crippen LogP contribution is 2.61. The van der Waals surface area contributed by atoms with Gasteiger partial charge in [0.25, 0.3) is 0 Å². The van der Waals surface area contributed by atoms with E-state index in [0.29, 0.717) is 6.42 Å². The maximum absolute atomic E-state index is 13.1. The summed E-state index contributed by atoms with van der Waals surface area (Å²) in [4.78, 5) is 24.5. The summed E-state index contributed by atoms with van der Waals surface area (Å²) in [5.74, 6) is 3.48. The number of nitrogens with zero attached hydrogens (tertiary/aromatic N) is 3. The van der Waals surface area contributed by atoms with Crippen molar-refractivity contribution in [2.24, 2.45) is 23.2 Å². The van der Waals surface area contributed by atoms with Crippen molar-refractivity contribution >= 4 is 23.3 Å². The molecule has 7 rings (SSSR count). The summed E-state index contributed by atoms with van der Waals surface area (Å²) in [6, 6.07) is 8.03. The van der Waals surface area contributed by atoms with Crippen LogP contribution in [0.1, 0.15) is 61.8 Å². The van der Waals surface area contributed by atoms with Gasteiger partial charge in [-0.25, -0.2) is 9.97 Å². The minimum absolute atomic E-state index is 0.147. The van der Waals surface area contributed by atoms with Crippen LogP contribution in [-0.2, 0) is 24.3 Å². The molecule has 6 heteroatoms. The summed E-state index contributed by atoms with van der Waals surface area (Å²) in [6.07, 6.45) is 11.1. The van der Waals surface area contributed by atoms with E-state index >= 15 is 0 Å². The number of anilines is 1. The number of fused-ring (bicyclic) bond motifs is 1. The Morgan fingerprint density at radius 2 is 1.88 bits per heavy atom. The third kappa shape index (κ3) is 4.06. The van der Waals surface area contributed by atoms with Gasteiger partial charge in [0.15, 0.2) is 0 Å². The first-order chi connectivity index (χ1) is 15.5. The molecule has 5 aliphatic rings. The van der Waals surface area contributed by atoms with Gasteiger partial charge in [-0.2, -0.15) is 0 Å². The highest BCUT2D eigenvalue weighted by Gasteiger charge is 2.51. The zero-order chi connectivity index (χ0) is 21.7. The fourth-order valence-electron chi connectivity index (χ4n) is 7.57. The molecule has 1 aromatic carbocycles. The van der Waals surface area contributed by atoms with Crippen molar-refractivity contribution in [3.8, 4) is 0 Å². The van der Waals surface area contributed by atoms with Crippen molar-refractivity contribution in [1.82, 2.24) is 14.9 Å². The van der Waals surface area contributed by atoms with E-state index in [4.69, 9.17) is 11.6 Å². The first kappa shape index (κ1) is 20.6. The molecule has 4 aliphatic carbocycles. The van der Waals surface area contributed by atoms with Gasteiger partial charge in [0.1, 0.15) is 12.1 Å². The number of hydrogen-bond donors (Lipinski definition) is 1. The van der Waals surface area contributed by atoms with Crippen molar-refractivity contribution in [2.45, 2.75) is 64.5 Å². The van der Waals surface area contributed by atoms with E-state index in [9.17, 15) is 4.79 Å². The molecule has 4 bridgehead atoms. The number of rotatable bonds is 5. The standard InChI is InChI=1S/C26H31ClN4O/c27-21-3-1-2-17(9-21)14-31-5-4-22-23(15-31)28-16-29-25(22)30-24(32)13-26-10-18-6-19(11-26)8-20(7-18)12-26/h1-3,9,16,18-20H,4-8,10-15H2,(H,28,29,30,32). The molecule has 32 heavy (non-hydrogen) atoms. The molecule has 2 heterocycles. The van der Waals surface area contributed by atoms with Crippen LogP contribution in [0.2, 0.25) is 5.02 Å². The Bertz CT molecular complexity index is 1000. The number of carbonyl (C=O) groups is 1. The smallest absolute Gasteiger partial charge is 0.226 e. The minimum Gasteiger partial charge on any atom is -0.310 e. The van der Waals surface area contributed by atoms with Crippen LogP contribution in [0.3, 0.4) is 0 Å². The van der Waals surface area contributed by atoms with Gasteiger partial charge < -0.3 is 5.32 Å². The van der Waals surface area contributed by atoms with Gasteiger partial charge in [-0.15, -0.1) is 0 Å². The lowest BCUT2D eigenvalue weighted by Crippen LogP contribution is -2.47. The lowest BCUT2D eigenvalue weighted by atomic mass is 9.49. The Morgan fingerprint density at radius 3 is 2.59 bits per heavy atom. The molecule has 1 N–H and O–H groups in total. The molecule has 0 spiro atoms. The van der Waals surface area contributed by atoms with E-state index in [0.717, 1.165) is 65.9 Å². The number of benzene rings is 1. The van der Waals surface area contributed by atoms with Gasteiger partial charge in [0.05, 0.1) is 5.69 Å². The summed E-state index contributed by atoms with van der Waals surface area (Å²) in [7, 11) is 0. The summed E-state index contributed by atoms with van der Waals surface area (Å²) in [5, 5.41) is 3.96. The highest BCUT2D eigenvalue weighted by molar-refractivity contribution is 6.30. The molecule has 0 atom stereocenters. The maximum atomic E-state index is 13.1. The molecule has 4 fully saturated rings. The van der Waals surface area contributed by atoms with Gasteiger partial charge >= 0.3 is 0 Å². The van der Waals surface area contributed by atoms with Crippen LogP contribution in [0, 0.1) is 23.2 Å². The van der Waals surface area contributed by atoms with Crippen molar-refractivity contribution in [1.29, 1.82) is 0 Å².